The number of nitrogens with zero attached hydrogens (tertiary/aromatic N) is 1. The van der Waals surface area contributed by atoms with Crippen molar-refractivity contribution in [3.8, 4) is 0 Å². The number of rotatable bonds is 6. The highest BCUT2D eigenvalue weighted by atomic mass is 32.2. The molecule has 0 saturated carbocycles. The Kier molecular flexibility index (Phi) is 6.52. The van der Waals surface area contributed by atoms with Gasteiger partial charge in [-0.25, -0.2) is 8.42 Å². The van der Waals surface area contributed by atoms with Crippen LogP contribution in [0.5, 0.6) is 0 Å². The first-order chi connectivity index (χ1) is 14.5. The fourth-order valence-electron chi connectivity index (χ4n) is 3.87. The third-order valence-corrected chi connectivity index (χ3v) is 6.80. The zero-order chi connectivity index (χ0) is 22.9. The van der Waals surface area contributed by atoms with Crippen molar-refractivity contribution in [1.82, 2.24) is 4.72 Å². The quantitative estimate of drug-likeness (QED) is 0.717. The van der Waals surface area contributed by atoms with Gasteiger partial charge in [0.05, 0.1) is 4.90 Å². The lowest BCUT2D eigenvalue weighted by molar-refractivity contribution is -0.118. The SMILES string of the molecule is CC(=O)N1CCc2cc(S(=O)(=O)N[C@@H](C(=O)Nc3cc(C)cc(C)c3)C(C)C)ccc21. The third kappa shape index (κ3) is 5.14. The van der Waals surface area contributed by atoms with Crippen molar-refractivity contribution in [2.24, 2.45) is 5.92 Å². The normalized spacial score (nSPS) is 14.5. The Morgan fingerprint density at radius 1 is 1.03 bits per heavy atom. The van der Waals surface area contributed by atoms with Gasteiger partial charge in [-0.1, -0.05) is 19.9 Å². The van der Waals surface area contributed by atoms with Crippen molar-refractivity contribution in [1.29, 1.82) is 0 Å². The number of carbonyl (C=O) groups excluding carboxylic acids is 2. The number of aryl methyl sites for hydroxylation is 2. The summed E-state index contributed by atoms with van der Waals surface area (Å²) in [6.45, 7) is 9.49. The van der Waals surface area contributed by atoms with Crippen LogP contribution in [0.3, 0.4) is 0 Å². The fourth-order valence-corrected chi connectivity index (χ4v) is 5.26. The average molecular weight is 444 g/mol. The van der Waals surface area contributed by atoms with Gasteiger partial charge in [-0.05, 0) is 73.2 Å². The molecule has 1 aliphatic heterocycles. The van der Waals surface area contributed by atoms with E-state index < -0.39 is 22.0 Å². The molecule has 3 rings (SSSR count). The van der Waals surface area contributed by atoms with Crippen molar-refractivity contribution in [2.45, 2.75) is 52.0 Å². The topological polar surface area (TPSA) is 95.6 Å². The lowest BCUT2D eigenvalue weighted by Gasteiger charge is -2.22. The maximum Gasteiger partial charge on any atom is 0.242 e. The molecule has 0 unspecified atom stereocenters. The molecule has 2 aromatic rings. The molecule has 1 aliphatic rings. The summed E-state index contributed by atoms with van der Waals surface area (Å²) < 4.78 is 28.7. The number of fused-ring (bicyclic) bond motifs is 1. The Balaban J connectivity index is 1.82. The summed E-state index contributed by atoms with van der Waals surface area (Å²) in [5, 5.41) is 2.83. The van der Waals surface area contributed by atoms with Crippen LogP contribution in [0.4, 0.5) is 11.4 Å². The molecule has 1 atom stereocenters. The largest absolute Gasteiger partial charge is 0.325 e. The molecule has 0 radical (unpaired) electrons. The van der Waals surface area contributed by atoms with Gasteiger partial charge in [0.1, 0.15) is 6.04 Å². The van der Waals surface area contributed by atoms with Gasteiger partial charge < -0.3 is 10.2 Å². The zero-order valence-electron chi connectivity index (χ0n) is 18.5. The Morgan fingerprint density at radius 3 is 2.26 bits per heavy atom. The molecular weight excluding hydrogens is 414 g/mol. The second-order valence-electron chi connectivity index (χ2n) is 8.42. The van der Waals surface area contributed by atoms with Crippen molar-refractivity contribution in [2.75, 3.05) is 16.8 Å². The highest BCUT2D eigenvalue weighted by Gasteiger charge is 2.30. The molecule has 7 nitrogen and oxygen atoms in total. The summed E-state index contributed by atoms with van der Waals surface area (Å²) in [5.41, 5.74) is 4.19. The minimum atomic E-state index is -3.93. The summed E-state index contributed by atoms with van der Waals surface area (Å²) in [6, 6.07) is 9.46. The Morgan fingerprint density at radius 2 is 1.68 bits per heavy atom. The third-order valence-electron chi connectivity index (χ3n) is 5.36. The van der Waals surface area contributed by atoms with Crippen molar-refractivity contribution >= 4 is 33.2 Å². The minimum Gasteiger partial charge on any atom is -0.325 e. The molecule has 2 amide bonds. The first-order valence-corrected chi connectivity index (χ1v) is 11.8. The van der Waals surface area contributed by atoms with Gasteiger partial charge in [-0.2, -0.15) is 4.72 Å². The van der Waals surface area contributed by atoms with Crippen LogP contribution >= 0.6 is 0 Å². The summed E-state index contributed by atoms with van der Waals surface area (Å²) in [4.78, 5) is 26.4. The number of carbonyl (C=O) groups is 2. The fraction of sp³-hybridized carbons (Fsp3) is 0.391. The van der Waals surface area contributed by atoms with Crippen LogP contribution in [-0.2, 0) is 26.0 Å². The van der Waals surface area contributed by atoms with E-state index in [9.17, 15) is 18.0 Å². The molecule has 166 valence electrons. The summed E-state index contributed by atoms with van der Waals surface area (Å²) in [7, 11) is -3.93. The van der Waals surface area contributed by atoms with Gasteiger partial charge in [0.25, 0.3) is 0 Å². The van der Waals surface area contributed by atoms with Gasteiger partial charge in [0, 0.05) is 24.8 Å². The predicted molar refractivity (Wildman–Crippen MR) is 122 cm³/mol. The van der Waals surface area contributed by atoms with E-state index in [1.807, 2.05) is 32.0 Å². The van der Waals surface area contributed by atoms with Crippen LogP contribution in [0.25, 0.3) is 0 Å². The molecule has 0 aromatic heterocycles. The Hall–Kier alpha value is -2.71. The number of hydrogen-bond acceptors (Lipinski definition) is 4. The van der Waals surface area contributed by atoms with Gasteiger partial charge in [-0.3, -0.25) is 9.59 Å². The number of nitrogens with one attached hydrogen (secondary N) is 2. The van der Waals surface area contributed by atoms with E-state index in [0.717, 1.165) is 22.4 Å². The standard InChI is InChI=1S/C23H29N3O4S/c1-14(2)22(23(28)24-19-11-15(3)10-16(4)12-19)25-31(29,30)20-6-7-21-18(13-20)8-9-26(21)17(5)27/h6-7,10-14,22,25H,8-9H2,1-5H3,(H,24,28)/t22-/m1/s1. The maximum absolute atomic E-state index is 13.1. The molecule has 0 aliphatic carbocycles. The minimum absolute atomic E-state index is 0.0737. The molecule has 0 bridgehead atoms. The molecule has 31 heavy (non-hydrogen) atoms. The molecule has 0 fully saturated rings. The van der Waals surface area contributed by atoms with E-state index in [2.05, 4.69) is 10.0 Å². The van der Waals surface area contributed by atoms with E-state index in [1.54, 1.807) is 30.9 Å². The van der Waals surface area contributed by atoms with Crippen LogP contribution in [0, 0.1) is 19.8 Å². The van der Waals surface area contributed by atoms with Gasteiger partial charge in [0.15, 0.2) is 0 Å². The Labute approximate surface area is 183 Å². The summed E-state index contributed by atoms with van der Waals surface area (Å²) >= 11 is 0. The summed E-state index contributed by atoms with van der Waals surface area (Å²) in [5.74, 6) is -0.744. The van der Waals surface area contributed by atoms with E-state index in [0.29, 0.717) is 18.7 Å². The average Bonchev–Trinajstić information content (AvgIpc) is 3.08. The molecular formula is C23H29N3O4S. The second kappa shape index (κ2) is 8.80. The van der Waals surface area contributed by atoms with Crippen LogP contribution in [0.15, 0.2) is 41.3 Å². The number of benzene rings is 2. The van der Waals surface area contributed by atoms with Crippen LogP contribution in [0.2, 0.25) is 0 Å². The van der Waals surface area contributed by atoms with Crippen LogP contribution < -0.4 is 14.9 Å². The van der Waals surface area contributed by atoms with E-state index in [1.165, 1.54) is 13.0 Å². The highest BCUT2D eigenvalue weighted by molar-refractivity contribution is 7.89. The lowest BCUT2D eigenvalue weighted by atomic mass is 10.0. The van der Waals surface area contributed by atoms with Crippen molar-refractivity contribution in [3.63, 3.8) is 0 Å². The van der Waals surface area contributed by atoms with Gasteiger partial charge in [-0.15, -0.1) is 0 Å². The van der Waals surface area contributed by atoms with Crippen molar-refractivity contribution in [3.05, 3.63) is 53.1 Å². The summed E-state index contributed by atoms with van der Waals surface area (Å²) in [6.07, 6.45) is 0.596. The number of anilines is 2. The van der Waals surface area contributed by atoms with Crippen LogP contribution in [-0.4, -0.2) is 32.8 Å². The maximum atomic E-state index is 13.1. The van der Waals surface area contributed by atoms with E-state index in [-0.39, 0.29) is 16.7 Å². The van der Waals surface area contributed by atoms with Crippen LogP contribution in [0.1, 0.15) is 37.5 Å². The smallest absolute Gasteiger partial charge is 0.242 e. The highest BCUT2D eigenvalue weighted by Crippen LogP contribution is 2.30. The molecule has 2 aromatic carbocycles. The zero-order valence-corrected chi connectivity index (χ0v) is 19.3. The lowest BCUT2D eigenvalue weighted by Crippen LogP contribution is -2.47. The first kappa shape index (κ1) is 23.0. The van der Waals surface area contributed by atoms with Crippen molar-refractivity contribution < 1.29 is 18.0 Å². The molecule has 0 saturated heterocycles. The molecule has 8 heteroatoms. The first-order valence-electron chi connectivity index (χ1n) is 10.3. The van der Waals surface area contributed by atoms with Gasteiger partial charge >= 0.3 is 0 Å². The Bertz CT molecular complexity index is 1110. The molecule has 2 N–H and O–H groups in total. The second-order valence-corrected chi connectivity index (χ2v) is 10.1. The van der Waals surface area contributed by atoms with E-state index >= 15 is 0 Å². The number of hydrogen-bond donors (Lipinski definition) is 2. The van der Waals surface area contributed by atoms with Gasteiger partial charge in [0.2, 0.25) is 21.8 Å². The molecule has 0 spiro atoms. The molecule has 1 heterocycles. The number of sulfonamides is 1. The number of amides is 2. The predicted octanol–water partition coefficient (Wildman–Crippen LogP) is 3.15. The monoisotopic (exact) mass is 443 g/mol. The van der Waals surface area contributed by atoms with E-state index in [4.69, 9.17) is 0 Å².